The zero-order valence-corrected chi connectivity index (χ0v) is 17.4. The third-order valence-corrected chi connectivity index (χ3v) is 5.39. The molecular weight excluding hydrogens is 376 g/mol. The van der Waals surface area contributed by atoms with Gasteiger partial charge in [-0.2, -0.15) is 0 Å². The topological polar surface area (TPSA) is 76.1 Å². The van der Waals surface area contributed by atoms with Crippen LogP contribution in [-0.2, 0) is 17.7 Å². The van der Waals surface area contributed by atoms with Crippen molar-refractivity contribution >= 4 is 11.6 Å². The fourth-order valence-corrected chi connectivity index (χ4v) is 3.75. The fourth-order valence-electron chi connectivity index (χ4n) is 3.75. The highest BCUT2D eigenvalue weighted by Crippen LogP contribution is 2.28. The number of anilines is 2. The lowest BCUT2D eigenvalue weighted by atomic mass is 9.93. The zero-order chi connectivity index (χ0) is 20.6. The number of nitrogens with zero attached hydrogens (tertiary/aromatic N) is 5. The van der Waals surface area contributed by atoms with Crippen molar-refractivity contribution in [2.24, 2.45) is 0 Å². The summed E-state index contributed by atoms with van der Waals surface area (Å²) in [5.41, 5.74) is 2.32. The number of rotatable bonds is 8. The van der Waals surface area contributed by atoms with Crippen molar-refractivity contribution in [1.82, 2.24) is 24.8 Å². The molecule has 7 nitrogen and oxygen atoms in total. The van der Waals surface area contributed by atoms with Crippen LogP contribution in [-0.4, -0.2) is 51.6 Å². The van der Waals surface area contributed by atoms with Gasteiger partial charge in [-0.15, -0.1) is 0 Å². The van der Waals surface area contributed by atoms with E-state index in [0.717, 1.165) is 67.6 Å². The third kappa shape index (κ3) is 5.58. The first kappa shape index (κ1) is 20.4. The van der Waals surface area contributed by atoms with Crippen molar-refractivity contribution in [3.8, 4) is 0 Å². The van der Waals surface area contributed by atoms with E-state index >= 15 is 0 Å². The monoisotopic (exact) mass is 404 g/mol. The highest BCUT2D eigenvalue weighted by atomic mass is 16.5. The van der Waals surface area contributed by atoms with Crippen molar-refractivity contribution in [1.29, 1.82) is 0 Å². The van der Waals surface area contributed by atoms with E-state index in [9.17, 15) is 0 Å². The highest BCUT2D eigenvalue weighted by Gasteiger charge is 2.22. The quantitative estimate of drug-likeness (QED) is 0.615. The summed E-state index contributed by atoms with van der Waals surface area (Å²) >= 11 is 0. The molecule has 1 fully saturated rings. The van der Waals surface area contributed by atoms with Crippen molar-refractivity contribution in [2.45, 2.75) is 31.7 Å². The maximum Gasteiger partial charge on any atom is 0.131 e. The van der Waals surface area contributed by atoms with Gasteiger partial charge in [-0.05, 0) is 50.2 Å². The second kappa shape index (κ2) is 10.2. The SMILES string of the molecule is COCCc1ncc(CN2CCC(c3cccc(Nc4ccccn4)n3)CC2)cn1. The number of piperidine rings is 1. The molecule has 7 heteroatoms. The Morgan fingerprint density at radius 3 is 2.53 bits per heavy atom. The third-order valence-electron chi connectivity index (χ3n) is 5.39. The molecular formula is C23H28N6O. The Labute approximate surface area is 177 Å². The van der Waals surface area contributed by atoms with Gasteiger partial charge < -0.3 is 10.1 Å². The summed E-state index contributed by atoms with van der Waals surface area (Å²) in [5.74, 6) is 2.98. The summed E-state index contributed by atoms with van der Waals surface area (Å²) in [7, 11) is 1.70. The molecule has 0 aliphatic carbocycles. The van der Waals surface area contributed by atoms with E-state index in [4.69, 9.17) is 9.72 Å². The van der Waals surface area contributed by atoms with Gasteiger partial charge in [0.15, 0.2) is 0 Å². The summed E-state index contributed by atoms with van der Waals surface area (Å²) in [6.07, 6.45) is 8.62. The maximum atomic E-state index is 5.08. The normalized spacial score (nSPS) is 15.2. The predicted molar refractivity (Wildman–Crippen MR) is 117 cm³/mol. The van der Waals surface area contributed by atoms with E-state index in [1.54, 1.807) is 13.3 Å². The summed E-state index contributed by atoms with van der Waals surface area (Å²) in [4.78, 5) is 20.5. The van der Waals surface area contributed by atoms with Crippen LogP contribution in [0, 0.1) is 0 Å². The average Bonchev–Trinajstić information content (AvgIpc) is 2.80. The molecule has 0 saturated carbocycles. The molecule has 0 bridgehead atoms. The first-order valence-electron chi connectivity index (χ1n) is 10.5. The standard InChI is InChI=1S/C23H28N6O/c1-30-14-10-21-25-15-18(16-26-21)17-29-12-8-19(9-13-29)20-5-4-7-23(27-20)28-22-6-2-3-11-24-22/h2-7,11,15-16,19H,8-10,12-14,17H2,1H3,(H,24,27,28). The molecule has 0 unspecified atom stereocenters. The van der Waals surface area contributed by atoms with Gasteiger partial charge in [0.25, 0.3) is 0 Å². The van der Waals surface area contributed by atoms with Crippen LogP contribution in [0.2, 0.25) is 0 Å². The zero-order valence-electron chi connectivity index (χ0n) is 17.4. The fraction of sp³-hybridized carbons (Fsp3) is 0.391. The molecule has 3 aromatic rings. The minimum absolute atomic E-state index is 0.486. The van der Waals surface area contributed by atoms with Crippen LogP contribution in [0.1, 0.15) is 35.8 Å². The summed E-state index contributed by atoms with van der Waals surface area (Å²) in [6, 6.07) is 12.0. The molecule has 0 aromatic carbocycles. The predicted octanol–water partition coefficient (Wildman–Crippen LogP) is 3.58. The first-order chi connectivity index (χ1) is 14.8. The number of nitrogens with one attached hydrogen (secondary N) is 1. The maximum absolute atomic E-state index is 5.08. The first-order valence-corrected chi connectivity index (χ1v) is 10.5. The molecule has 0 spiro atoms. The van der Waals surface area contributed by atoms with Crippen molar-refractivity contribution in [2.75, 3.05) is 32.1 Å². The lowest BCUT2D eigenvalue weighted by Gasteiger charge is -2.31. The summed E-state index contributed by atoms with van der Waals surface area (Å²) in [5, 5.41) is 3.29. The van der Waals surface area contributed by atoms with E-state index in [1.165, 1.54) is 0 Å². The number of pyridine rings is 2. The Bertz CT molecular complexity index is 910. The molecule has 30 heavy (non-hydrogen) atoms. The second-order valence-corrected chi connectivity index (χ2v) is 7.59. The average molecular weight is 405 g/mol. The smallest absolute Gasteiger partial charge is 0.131 e. The number of aromatic nitrogens is 4. The van der Waals surface area contributed by atoms with Crippen molar-refractivity contribution in [3.63, 3.8) is 0 Å². The van der Waals surface area contributed by atoms with Gasteiger partial charge in [0.05, 0.1) is 6.61 Å². The van der Waals surface area contributed by atoms with Crippen LogP contribution >= 0.6 is 0 Å². The number of ether oxygens (including phenoxy) is 1. The van der Waals surface area contributed by atoms with E-state index in [1.807, 2.05) is 36.7 Å². The molecule has 1 saturated heterocycles. The Kier molecular flexibility index (Phi) is 6.95. The van der Waals surface area contributed by atoms with Crippen LogP contribution in [0.5, 0.6) is 0 Å². The lowest BCUT2D eigenvalue weighted by molar-refractivity contribution is 0.199. The highest BCUT2D eigenvalue weighted by molar-refractivity contribution is 5.51. The van der Waals surface area contributed by atoms with E-state index in [2.05, 4.69) is 37.3 Å². The second-order valence-electron chi connectivity index (χ2n) is 7.59. The largest absolute Gasteiger partial charge is 0.384 e. The van der Waals surface area contributed by atoms with Gasteiger partial charge >= 0.3 is 0 Å². The molecule has 3 aromatic heterocycles. The van der Waals surface area contributed by atoms with E-state index < -0.39 is 0 Å². The molecule has 0 radical (unpaired) electrons. The Morgan fingerprint density at radius 2 is 1.80 bits per heavy atom. The molecule has 0 amide bonds. The van der Waals surface area contributed by atoms with Gasteiger partial charge in [-0.3, -0.25) is 4.90 Å². The molecule has 0 atom stereocenters. The number of likely N-dealkylation sites (tertiary alicyclic amines) is 1. The minimum Gasteiger partial charge on any atom is -0.384 e. The van der Waals surface area contributed by atoms with Crippen LogP contribution in [0.3, 0.4) is 0 Å². The molecule has 4 heterocycles. The summed E-state index contributed by atoms with van der Waals surface area (Å²) < 4.78 is 5.08. The van der Waals surface area contributed by atoms with Gasteiger partial charge in [0.1, 0.15) is 17.5 Å². The van der Waals surface area contributed by atoms with Gasteiger partial charge in [0.2, 0.25) is 0 Å². The van der Waals surface area contributed by atoms with Gasteiger partial charge in [0, 0.05) is 55.8 Å². The number of hydrogen-bond acceptors (Lipinski definition) is 7. The van der Waals surface area contributed by atoms with Crippen molar-refractivity contribution < 1.29 is 4.74 Å². The molecule has 156 valence electrons. The minimum atomic E-state index is 0.486. The van der Waals surface area contributed by atoms with Crippen LogP contribution in [0.4, 0.5) is 11.6 Å². The molecule has 1 N–H and O–H groups in total. The Hall–Kier alpha value is -2.90. The van der Waals surface area contributed by atoms with Gasteiger partial charge in [-0.25, -0.2) is 19.9 Å². The van der Waals surface area contributed by atoms with E-state index in [0.29, 0.717) is 12.5 Å². The Morgan fingerprint density at radius 1 is 1.00 bits per heavy atom. The molecule has 1 aliphatic heterocycles. The van der Waals surface area contributed by atoms with Crippen molar-refractivity contribution in [3.05, 3.63) is 72.1 Å². The summed E-state index contributed by atoms with van der Waals surface area (Å²) in [6.45, 7) is 3.65. The lowest BCUT2D eigenvalue weighted by Crippen LogP contribution is -2.32. The molecule has 4 rings (SSSR count). The Balaban J connectivity index is 1.29. The number of hydrogen-bond donors (Lipinski definition) is 1. The van der Waals surface area contributed by atoms with Crippen LogP contribution < -0.4 is 5.32 Å². The van der Waals surface area contributed by atoms with Gasteiger partial charge in [-0.1, -0.05) is 12.1 Å². The van der Waals surface area contributed by atoms with E-state index in [-0.39, 0.29) is 0 Å². The van der Waals surface area contributed by atoms with Crippen LogP contribution in [0.15, 0.2) is 55.0 Å². The van der Waals surface area contributed by atoms with Crippen LogP contribution in [0.25, 0.3) is 0 Å². The number of methoxy groups -OCH3 is 1. The molecule has 1 aliphatic rings.